The summed E-state index contributed by atoms with van der Waals surface area (Å²) in [7, 11) is -2.51. The smallest absolute Gasteiger partial charge is 0.151 e. The molecular formula is C24H22ClFN5OP. The van der Waals surface area contributed by atoms with Crippen LogP contribution in [0, 0.1) is 12.7 Å². The summed E-state index contributed by atoms with van der Waals surface area (Å²) in [4.78, 5) is 17.9. The van der Waals surface area contributed by atoms with Gasteiger partial charge in [0.25, 0.3) is 0 Å². The third-order valence-electron chi connectivity index (χ3n) is 5.86. The van der Waals surface area contributed by atoms with E-state index in [9.17, 15) is 4.57 Å². The van der Waals surface area contributed by atoms with Crippen LogP contribution in [0.15, 0.2) is 48.8 Å². The Hall–Kier alpha value is -2.89. The van der Waals surface area contributed by atoms with E-state index in [1.54, 1.807) is 38.6 Å². The van der Waals surface area contributed by atoms with Crippen molar-refractivity contribution in [2.75, 3.05) is 18.6 Å². The van der Waals surface area contributed by atoms with Gasteiger partial charge in [0.2, 0.25) is 0 Å². The number of anilines is 1. The molecular weight excluding hydrogens is 460 g/mol. The van der Waals surface area contributed by atoms with Crippen molar-refractivity contribution in [3.05, 3.63) is 71.0 Å². The predicted molar refractivity (Wildman–Crippen MR) is 130 cm³/mol. The van der Waals surface area contributed by atoms with Gasteiger partial charge in [-0.3, -0.25) is 9.97 Å². The molecule has 1 aliphatic carbocycles. The summed E-state index contributed by atoms with van der Waals surface area (Å²) in [6.07, 6.45) is 5.06. The maximum Gasteiger partial charge on any atom is 0.151 e. The summed E-state index contributed by atoms with van der Waals surface area (Å²) in [6, 6.07) is 10.5. The van der Waals surface area contributed by atoms with Crippen LogP contribution < -0.4 is 10.8 Å². The molecule has 0 aromatic carbocycles. The maximum absolute atomic E-state index is 15.1. The second-order valence-electron chi connectivity index (χ2n) is 8.75. The second-order valence-corrected chi connectivity index (χ2v) is 12.3. The minimum Gasteiger partial charge on any atom is -0.371 e. The standard InChI is InChI=1S/C24H22ClFN5OP/c1-14-20(25)23(31-24(9-10-24)18-6-4-5-11-27-18)22-17(29-14)12-16(26)21(30-22)15-7-8-19(28-13-15)33(2,3)32/h4-8,11-13H,9-10H2,1-3H3,(H,29,31). The first-order chi connectivity index (χ1) is 15.7. The van der Waals surface area contributed by atoms with Gasteiger partial charge in [0, 0.05) is 24.0 Å². The lowest BCUT2D eigenvalue weighted by atomic mass is 10.1. The number of hydrogen-bond donors (Lipinski definition) is 1. The van der Waals surface area contributed by atoms with E-state index in [4.69, 9.17) is 11.6 Å². The highest BCUT2D eigenvalue weighted by atomic mass is 35.5. The summed E-state index contributed by atoms with van der Waals surface area (Å²) in [5.41, 5.74) is 3.78. The highest BCUT2D eigenvalue weighted by molar-refractivity contribution is 7.69. The number of pyridine rings is 4. The molecule has 0 bridgehead atoms. The molecule has 33 heavy (non-hydrogen) atoms. The van der Waals surface area contributed by atoms with Crippen molar-refractivity contribution in [1.82, 2.24) is 19.9 Å². The van der Waals surface area contributed by atoms with Crippen LogP contribution in [0.3, 0.4) is 0 Å². The zero-order valence-corrected chi connectivity index (χ0v) is 20.1. The molecule has 6 nitrogen and oxygen atoms in total. The Morgan fingerprint density at radius 1 is 1.12 bits per heavy atom. The Morgan fingerprint density at radius 3 is 2.52 bits per heavy atom. The van der Waals surface area contributed by atoms with E-state index in [0.29, 0.717) is 38.4 Å². The fourth-order valence-corrected chi connectivity index (χ4v) is 4.83. The highest BCUT2D eigenvalue weighted by Gasteiger charge is 2.46. The van der Waals surface area contributed by atoms with Crippen molar-refractivity contribution in [3.63, 3.8) is 0 Å². The van der Waals surface area contributed by atoms with Crippen LogP contribution >= 0.6 is 18.7 Å². The number of aryl methyl sites for hydroxylation is 1. The Bertz CT molecular complexity index is 1420. The van der Waals surface area contributed by atoms with Crippen LogP contribution in [-0.4, -0.2) is 33.3 Å². The largest absolute Gasteiger partial charge is 0.371 e. The lowest BCUT2D eigenvalue weighted by Crippen LogP contribution is -2.21. The van der Waals surface area contributed by atoms with Crippen molar-refractivity contribution >= 4 is 40.9 Å². The van der Waals surface area contributed by atoms with Crippen LogP contribution in [0.1, 0.15) is 24.2 Å². The number of rotatable bonds is 5. The summed E-state index contributed by atoms with van der Waals surface area (Å²) in [5, 5.41) is 4.00. The third-order valence-corrected chi connectivity index (χ3v) is 7.69. The van der Waals surface area contributed by atoms with Crippen molar-refractivity contribution in [1.29, 1.82) is 0 Å². The average Bonchev–Trinajstić information content (AvgIpc) is 3.58. The molecule has 1 aliphatic rings. The highest BCUT2D eigenvalue weighted by Crippen LogP contribution is 2.49. The van der Waals surface area contributed by atoms with Crippen molar-refractivity contribution in [3.8, 4) is 11.3 Å². The van der Waals surface area contributed by atoms with Gasteiger partial charge in [0.15, 0.2) is 5.82 Å². The second kappa shape index (κ2) is 7.86. The van der Waals surface area contributed by atoms with Crippen molar-refractivity contribution in [2.45, 2.75) is 25.3 Å². The van der Waals surface area contributed by atoms with Crippen molar-refractivity contribution < 1.29 is 8.96 Å². The molecule has 0 spiro atoms. The maximum atomic E-state index is 15.1. The fraction of sp³-hybridized carbons (Fsp3) is 0.250. The summed E-state index contributed by atoms with van der Waals surface area (Å²) < 4.78 is 27.4. The molecule has 4 aromatic rings. The molecule has 0 unspecified atom stereocenters. The van der Waals surface area contributed by atoms with Gasteiger partial charge in [-0.1, -0.05) is 17.7 Å². The van der Waals surface area contributed by atoms with Crippen LogP contribution in [0.4, 0.5) is 10.1 Å². The Balaban J connectivity index is 1.64. The molecule has 1 N–H and O–H groups in total. The zero-order chi connectivity index (χ0) is 23.4. The number of nitrogens with zero attached hydrogens (tertiary/aromatic N) is 4. The summed E-state index contributed by atoms with van der Waals surface area (Å²) >= 11 is 6.68. The van der Waals surface area contributed by atoms with Crippen LogP contribution in [-0.2, 0) is 10.1 Å². The first-order valence-corrected chi connectivity index (χ1v) is 13.5. The molecule has 1 saturated carbocycles. The van der Waals surface area contributed by atoms with Gasteiger partial charge >= 0.3 is 0 Å². The SMILES string of the molecule is Cc1nc2cc(F)c(-c3ccc(P(C)(C)=O)nc3)nc2c(NC2(c3ccccn3)CC2)c1Cl. The first kappa shape index (κ1) is 21.9. The average molecular weight is 482 g/mol. The molecule has 0 radical (unpaired) electrons. The monoisotopic (exact) mass is 481 g/mol. The molecule has 4 heterocycles. The Labute approximate surface area is 196 Å². The molecule has 0 atom stereocenters. The van der Waals surface area contributed by atoms with Gasteiger partial charge in [0.1, 0.15) is 18.4 Å². The van der Waals surface area contributed by atoms with Gasteiger partial charge in [-0.25, -0.2) is 14.4 Å². The first-order valence-electron chi connectivity index (χ1n) is 10.6. The fourth-order valence-electron chi connectivity index (χ4n) is 3.88. The van der Waals surface area contributed by atoms with Gasteiger partial charge in [-0.15, -0.1) is 0 Å². The quantitative estimate of drug-likeness (QED) is 0.377. The minimum atomic E-state index is -2.51. The topological polar surface area (TPSA) is 80.7 Å². The van der Waals surface area contributed by atoms with Gasteiger partial charge in [-0.2, -0.15) is 0 Å². The van der Waals surface area contributed by atoms with Crippen LogP contribution in [0.25, 0.3) is 22.3 Å². The summed E-state index contributed by atoms with van der Waals surface area (Å²) in [5.74, 6) is -0.515. The lowest BCUT2D eigenvalue weighted by Gasteiger charge is -2.21. The molecule has 0 saturated heterocycles. The molecule has 1 fully saturated rings. The van der Waals surface area contributed by atoms with Crippen molar-refractivity contribution in [2.24, 2.45) is 0 Å². The van der Waals surface area contributed by atoms with E-state index < -0.39 is 13.0 Å². The molecule has 5 rings (SSSR count). The van der Waals surface area contributed by atoms with E-state index in [1.165, 1.54) is 12.3 Å². The van der Waals surface area contributed by atoms with Gasteiger partial charge < -0.3 is 9.88 Å². The van der Waals surface area contributed by atoms with Gasteiger partial charge in [-0.05, 0) is 57.4 Å². The lowest BCUT2D eigenvalue weighted by molar-refractivity contribution is 0.588. The molecule has 4 aromatic heterocycles. The van der Waals surface area contributed by atoms with Crippen LogP contribution in [0.2, 0.25) is 5.02 Å². The minimum absolute atomic E-state index is 0.135. The molecule has 168 valence electrons. The normalized spacial score (nSPS) is 14.9. The van der Waals surface area contributed by atoms with Crippen LogP contribution in [0.5, 0.6) is 0 Å². The van der Waals surface area contributed by atoms with E-state index in [0.717, 1.165) is 18.5 Å². The zero-order valence-electron chi connectivity index (χ0n) is 18.4. The van der Waals surface area contributed by atoms with E-state index in [2.05, 4.69) is 25.3 Å². The molecule has 0 amide bonds. The summed E-state index contributed by atoms with van der Waals surface area (Å²) in [6.45, 7) is 5.08. The third kappa shape index (κ3) is 4.00. The van der Waals surface area contributed by atoms with E-state index in [1.807, 2.05) is 18.2 Å². The van der Waals surface area contributed by atoms with Gasteiger partial charge in [0.05, 0.1) is 38.6 Å². The molecule has 0 aliphatic heterocycles. The van der Waals surface area contributed by atoms with E-state index >= 15 is 4.39 Å². The molecule has 9 heteroatoms. The number of hydrogen-bond acceptors (Lipinski definition) is 6. The predicted octanol–water partition coefficient (Wildman–Crippen LogP) is 5.54. The Morgan fingerprint density at radius 2 is 1.91 bits per heavy atom. The number of aromatic nitrogens is 4. The van der Waals surface area contributed by atoms with E-state index in [-0.39, 0.29) is 11.2 Å². The number of halogens is 2. The number of nitrogens with one attached hydrogen (secondary N) is 1. The number of fused-ring (bicyclic) bond motifs is 1. The Kier molecular flexibility index (Phi) is 5.22.